The Morgan fingerprint density at radius 2 is 1.51 bits per heavy atom. The van der Waals surface area contributed by atoms with Crippen molar-refractivity contribution in [2.45, 2.75) is 33.1 Å². The summed E-state index contributed by atoms with van der Waals surface area (Å²) >= 11 is 0. The lowest BCUT2D eigenvalue weighted by molar-refractivity contribution is -0.137. The molecule has 2 heterocycles. The average Bonchev–Trinajstić information content (AvgIpc) is 3.13. The molecule has 0 atom stereocenters. The maximum atomic E-state index is 13.3. The van der Waals surface area contributed by atoms with Crippen molar-refractivity contribution in [2.75, 3.05) is 26.2 Å². The predicted molar refractivity (Wildman–Crippen MR) is 140 cm³/mol. The predicted octanol–water partition coefficient (Wildman–Crippen LogP) is 6.28. The van der Waals surface area contributed by atoms with Gasteiger partial charge >= 0.3 is 6.18 Å². The molecule has 37 heavy (non-hydrogen) atoms. The van der Waals surface area contributed by atoms with Crippen LogP contribution in [0.1, 0.15) is 38.3 Å². The van der Waals surface area contributed by atoms with Crippen LogP contribution in [0.25, 0.3) is 10.9 Å². The van der Waals surface area contributed by atoms with Crippen molar-refractivity contribution in [2.24, 2.45) is 0 Å². The Hall–Kier alpha value is -3.58. The summed E-state index contributed by atoms with van der Waals surface area (Å²) in [5.41, 5.74) is 5.37. The van der Waals surface area contributed by atoms with Crippen LogP contribution in [0.15, 0.2) is 72.8 Å². The Balaban J connectivity index is 1.27. The quantitative estimate of drug-likeness (QED) is 0.319. The van der Waals surface area contributed by atoms with Gasteiger partial charge in [0.05, 0.1) is 5.56 Å². The van der Waals surface area contributed by atoms with E-state index in [1.807, 2.05) is 41.3 Å². The number of fused-ring (bicyclic) bond motifs is 1. The van der Waals surface area contributed by atoms with Crippen molar-refractivity contribution in [1.82, 2.24) is 14.4 Å². The molecule has 1 aliphatic rings. The normalized spacial score (nSPS) is 14.9. The second-order valence-corrected chi connectivity index (χ2v) is 9.78. The van der Waals surface area contributed by atoms with E-state index in [1.165, 1.54) is 29.0 Å². The number of aryl methyl sites for hydroxylation is 1. The van der Waals surface area contributed by atoms with Gasteiger partial charge in [-0.3, -0.25) is 9.69 Å². The Bertz CT molecular complexity index is 1420. The summed E-state index contributed by atoms with van der Waals surface area (Å²) in [6.45, 7) is 7.75. The molecule has 4 aromatic rings. The fraction of sp³-hybridized carbons (Fsp3) is 0.300. The second-order valence-electron chi connectivity index (χ2n) is 9.78. The molecule has 4 nitrogen and oxygen atoms in total. The lowest BCUT2D eigenvalue weighted by Crippen LogP contribution is -2.48. The van der Waals surface area contributed by atoms with Crippen LogP contribution < -0.4 is 0 Å². The first-order valence-electron chi connectivity index (χ1n) is 12.5. The Labute approximate surface area is 214 Å². The van der Waals surface area contributed by atoms with Gasteiger partial charge in [0.2, 0.25) is 0 Å². The van der Waals surface area contributed by atoms with Gasteiger partial charge in [-0.2, -0.15) is 13.2 Å². The second kappa shape index (κ2) is 10.1. The van der Waals surface area contributed by atoms with Crippen molar-refractivity contribution in [3.05, 3.63) is 106 Å². The zero-order valence-electron chi connectivity index (χ0n) is 21.1. The molecule has 7 heteroatoms. The maximum absolute atomic E-state index is 13.3. The molecule has 5 rings (SSSR count). The summed E-state index contributed by atoms with van der Waals surface area (Å²) < 4.78 is 41.4. The number of nitrogens with zero attached hydrogens (tertiary/aromatic N) is 3. The molecule has 1 saturated heterocycles. The number of amides is 1. The van der Waals surface area contributed by atoms with Crippen molar-refractivity contribution in [3.8, 4) is 0 Å². The van der Waals surface area contributed by atoms with Crippen LogP contribution in [0.2, 0.25) is 0 Å². The molecule has 0 spiro atoms. The molecule has 1 aliphatic heterocycles. The molecular weight excluding hydrogens is 475 g/mol. The molecule has 0 radical (unpaired) electrons. The molecule has 0 aliphatic carbocycles. The highest BCUT2D eigenvalue weighted by molar-refractivity contribution is 5.99. The van der Waals surface area contributed by atoms with E-state index in [9.17, 15) is 18.0 Å². The van der Waals surface area contributed by atoms with E-state index in [0.29, 0.717) is 43.9 Å². The van der Waals surface area contributed by atoms with Gasteiger partial charge in [0, 0.05) is 61.4 Å². The monoisotopic (exact) mass is 505 g/mol. The van der Waals surface area contributed by atoms with Gasteiger partial charge in [0.1, 0.15) is 0 Å². The third-order valence-electron chi connectivity index (χ3n) is 7.39. The number of piperazine rings is 1. The minimum Gasteiger partial charge on any atom is -0.340 e. The van der Waals surface area contributed by atoms with Gasteiger partial charge in [-0.1, -0.05) is 48.5 Å². The number of rotatable bonds is 5. The summed E-state index contributed by atoms with van der Waals surface area (Å²) in [6.07, 6.45) is -4.35. The minimum atomic E-state index is -4.35. The highest BCUT2D eigenvalue weighted by atomic mass is 19.4. The SMILES string of the molecule is Cc1c(C)n(Cc2ccccc2)c2ccc(C(=O)N3CCN(Cc4cccc(C(F)(F)F)c4)CC3)cc12. The van der Waals surface area contributed by atoms with Gasteiger partial charge in [0.25, 0.3) is 5.91 Å². The van der Waals surface area contributed by atoms with Gasteiger partial charge < -0.3 is 9.47 Å². The van der Waals surface area contributed by atoms with E-state index >= 15 is 0 Å². The molecular formula is C30H30F3N3O. The summed E-state index contributed by atoms with van der Waals surface area (Å²) in [7, 11) is 0. The van der Waals surface area contributed by atoms with Crippen LogP contribution in [0, 0.1) is 13.8 Å². The molecule has 1 aromatic heterocycles. The van der Waals surface area contributed by atoms with Gasteiger partial charge in [-0.25, -0.2) is 0 Å². The lowest BCUT2D eigenvalue weighted by Gasteiger charge is -2.35. The van der Waals surface area contributed by atoms with Crippen molar-refractivity contribution in [3.63, 3.8) is 0 Å². The molecule has 0 bridgehead atoms. The Morgan fingerprint density at radius 3 is 2.22 bits per heavy atom. The first-order chi connectivity index (χ1) is 17.7. The minimum absolute atomic E-state index is 0.00604. The van der Waals surface area contributed by atoms with Crippen molar-refractivity contribution < 1.29 is 18.0 Å². The Morgan fingerprint density at radius 1 is 0.811 bits per heavy atom. The third kappa shape index (κ3) is 5.27. The number of halogens is 3. The summed E-state index contributed by atoms with van der Waals surface area (Å²) in [5.74, 6) is -0.00604. The summed E-state index contributed by atoms with van der Waals surface area (Å²) in [5, 5.41) is 1.09. The van der Waals surface area contributed by atoms with Crippen molar-refractivity contribution in [1.29, 1.82) is 0 Å². The lowest BCUT2D eigenvalue weighted by atomic mass is 10.1. The third-order valence-corrected chi connectivity index (χ3v) is 7.39. The van der Waals surface area contributed by atoms with E-state index in [0.717, 1.165) is 23.5 Å². The van der Waals surface area contributed by atoms with E-state index in [4.69, 9.17) is 0 Å². The van der Waals surface area contributed by atoms with Crippen LogP contribution >= 0.6 is 0 Å². The molecule has 0 saturated carbocycles. The summed E-state index contributed by atoms with van der Waals surface area (Å²) in [4.78, 5) is 17.3. The van der Waals surface area contributed by atoms with Crippen molar-refractivity contribution >= 4 is 16.8 Å². The standard InChI is InChI=1S/C30H30F3N3O/c1-21-22(2)36(20-23-7-4-3-5-8-23)28-12-11-25(18-27(21)28)29(37)35-15-13-34(14-16-35)19-24-9-6-10-26(17-24)30(31,32)33/h3-12,17-18H,13-16,19-20H2,1-2H3. The molecule has 3 aromatic carbocycles. The first kappa shape index (κ1) is 25.1. The molecule has 192 valence electrons. The molecule has 1 fully saturated rings. The fourth-order valence-corrected chi connectivity index (χ4v) is 5.15. The van der Waals surface area contributed by atoms with Crippen LogP contribution in [0.3, 0.4) is 0 Å². The number of aromatic nitrogens is 1. The van der Waals surface area contributed by atoms with Gasteiger partial charge in [0.15, 0.2) is 0 Å². The number of hydrogen-bond donors (Lipinski definition) is 0. The smallest absolute Gasteiger partial charge is 0.340 e. The number of benzene rings is 3. The molecule has 0 N–H and O–H groups in total. The zero-order valence-corrected chi connectivity index (χ0v) is 21.1. The van der Waals surface area contributed by atoms with E-state index in [2.05, 4.69) is 35.4 Å². The topological polar surface area (TPSA) is 28.5 Å². The summed E-state index contributed by atoms with van der Waals surface area (Å²) in [6, 6.07) is 21.7. The van der Waals surface area contributed by atoms with Crippen LogP contribution in [0.5, 0.6) is 0 Å². The van der Waals surface area contributed by atoms with Gasteiger partial charge in [-0.15, -0.1) is 0 Å². The van der Waals surface area contributed by atoms with Crippen LogP contribution in [-0.2, 0) is 19.3 Å². The van der Waals surface area contributed by atoms with E-state index in [-0.39, 0.29) is 5.91 Å². The number of hydrogen-bond acceptors (Lipinski definition) is 2. The van der Waals surface area contributed by atoms with Gasteiger partial charge in [-0.05, 0) is 54.8 Å². The van der Waals surface area contributed by atoms with Crippen LogP contribution in [0.4, 0.5) is 13.2 Å². The highest BCUT2D eigenvalue weighted by Crippen LogP contribution is 2.30. The highest BCUT2D eigenvalue weighted by Gasteiger charge is 2.30. The first-order valence-corrected chi connectivity index (χ1v) is 12.5. The van der Waals surface area contributed by atoms with E-state index in [1.54, 1.807) is 6.07 Å². The zero-order chi connectivity index (χ0) is 26.2. The number of alkyl halides is 3. The van der Waals surface area contributed by atoms with Crippen LogP contribution in [-0.4, -0.2) is 46.5 Å². The largest absolute Gasteiger partial charge is 0.416 e. The maximum Gasteiger partial charge on any atom is 0.416 e. The Kier molecular flexibility index (Phi) is 6.82. The number of carbonyl (C=O) groups is 1. The molecule has 0 unspecified atom stereocenters. The number of carbonyl (C=O) groups excluding carboxylic acids is 1. The average molecular weight is 506 g/mol. The van der Waals surface area contributed by atoms with E-state index < -0.39 is 11.7 Å². The fourth-order valence-electron chi connectivity index (χ4n) is 5.15. The molecule has 1 amide bonds.